The van der Waals surface area contributed by atoms with Gasteiger partial charge in [0.2, 0.25) is 0 Å². The predicted octanol–water partition coefficient (Wildman–Crippen LogP) is 2.70. The summed E-state index contributed by atoms with van der Waals surface area (Å²) in [5, 5.41) is 11.6. The quantitative estimate of drug-likeness (QED) is 0.870. The molecule has 0 fully saturated rings. The van der Waals surface area contributed by atoms with Crippen LogP contribution in [0, 0.1) is 13.8 Å². The molecule has 5 nitrogen and oxygen atoms in total. The van der Waals surface area contributed by atoms with E-state index in [0.29, 0.717) is 12.8 Å². The minimum atomic E-state index is -1.01. The van der Waals surface area contributed by atoms with Crippen molar-refractivity contribution in [1.29, 1.82) is 0 Å². The van der Waals surface area contributed by atoms with Crippen LogP contribution in [0.5, 0.6) is 0 Å². The summed E-state index contributed by atoms with van der Waals surface area (Å²) in [6, 6.07) is 4.55. The Morgan fingerprint density at radius 3 is 2.25 bits per heavy atom. The second-order valence-corrected chi connectivity index (χ2v) is 5.03. The second kappa shape index (κ2) is 6.93. The van der Waals surface area contributed by atoms with E-state index in [1.165, 1.54) is 4.90 Å². The molecule has 0 heterocycles. The molecule has 0 aromatic heterocycles. The van der Waals surface area contributed by atoms with Gasteiger partial charge in [0.1, 0.15) is 6.04 Å². The number of hydrogen-bond donors (Lipinski definition) is 2. The largest absolute Gasteiger partial charge is 0.480 e. The summed E-state index contributed by atoms with van der Waals surface area (Å²) >= 11 is 0. The number of anilines is 1. The Morgan fingerprint density at radius 1 is 1.25 bits per heavy atom. The first-order valence-corrected chi connectivity index (χ1v) is 6.70. The fourth-order valence-corrected chi connectivity index (χ4v) is 2.05. The van der Waals surface area contributed by atoms with Gasteiger partial charge in [0.15, 0.2) is 0 Å². The molecule has 1 atom stereocenters. The number of urea groups is 1. The topological polar surface area (TPSA) is 69.6 Å². The van der Waals surface area contributed by atoms with Crippen molar-refractivity contribution in [3.63, 3.8) is 0 Å². The van der Waals surface area contributed by atoms with Crippen molar-refractivity contribution >= 4 is 17.7 Å². The SMILES string of the molecule is CCC[C@H](NC(=O)N(C)c1cc(C)cc(C)c1)C(=O)O. The van der Waals surface area contributed by atoms with Crippen LogP contribution in [0.25, 0.3) is 0 Å². The van der Waals surface area contributed by atoms with Crippen molar-refractivity contribution in [3.8, 4) is 0 Å². The molecule has 2 N–H and O–H groups in total. The number of carboxylic acids is 1. The molecule has 0 aliphatic rings. The van der Waals surface area contributed by atoms with Crippen LogP contribution in [-0.4, -0.2) is 30.2 Å². The van der Waals surface area contributed by atoms with Crippen LogP contribution in [0.4, 0.5) is 10.5 Å². The molecule has 0 saturated carbocycles. The number of nitrogens with zero attached hydrogens (tertiary/aromatic N) is 1. The number of carboxylic acid groups (broad SMARTS) is 1. The summed E-state index contributed by atoms with van der Waals surface area (Å²) in [6.07, 6.45) is 1.12. The van der Waals surface area contributed by atoms with Crippen LogP contribution in [0.15, 0.2) is 18.2 Å². The highest BCUT2D eigenvalue weighted by molar-refractivity contribution is 5.94. The van der Waals surface area contributed by atoms with Crippen LogP contribution < -0.4 is 10.2 Å². The summed E-state index contributed by atoms with van der Waals surface area (Å²) in [7, 11) is 1.63. The highest BCUT2D eigenvalue weighted by atomic mass is 16.4. The normalized spacial score (nSPS) is 11.8. The molecule has 0 saturated heterocycles. The van der Waals surface area contributed by atoms with E-state index in [1.54, 1.807) is 7.05 Å². The Balaban J connectivity index is 2.82. The van der Waals surface area contributed by atoms with Crippen molar-refractivity contribution in [2.24, 2.45) is 0 Å². The van der Waals surface area contributed by atoms with Gasteiger partial charge in [-0.3, -0.25) is 4.90 Å². The summed E-state index contributed by atoms with van der Waals surface area (Å²) in [5.41, 5.74) is 2.87. The van der Waals surface area contributed by atoms with Gasteiger partial charge < -0.3 is 10.4 Å². The number of amides is 2. The average Bonchev–Trinajstić information content (AvgIpc) is 2.35. The Kier molecular flexibility index (Phi) is 5.55. The molecule has 1 rings (SSSR count). The van der Waals surface area contributed by atoms with E-state index in [9.17, 15) is 9.59 Å². The van der Waals surface area contributed by atoms with Crippen molar-refractivity contribution in [1.82, 2.24) is 5.32 Å². The molecule has 0 bridgehead atoms. The number of carbonyl (C=O) groups excluding carboxylic acids is 1. The number of aliphatic carboxylic acids is 1. The molecule has 0 radical (unpaired) electrons. The maximum absolute atomic E-state index is 12.1. The molecular formula is C15H22N2O3. The van der Waals surface area contributed by atoms with Gasteiger partial charge in [0.05, 0.1) is 0 Å². The molecule has 110 valence electrons. The van der Waals surface area contributed by atoms with Crippen LogP contribution in [0.2, 0.25) is 0 Å². The fourth-order valence-electron chi connectivity index (χ4n) is 2.05. The van der Waals surface area contributed by atoms with Crippen LogP contribution >= 0.6 is 0 Å². The zero-order valence-corrected chi connectivity index (χ0v) is 12.4. The summed E-state index contributed by atoms with van der Waals surface area (Å²) in [5.74, 6) is -1.01. The zero-order chi connectivity index (χ0) is 15.3. The smallest absolute Gasteiger partial charge is 0.326 e. The van der Waals surface area contributed by atoms with E-state index in [0.717, 1.165) is 16.8 Å². The predicted molar refractivity (Wildman–Crippen MR) is 79.2 cm³/mol. The fraction of sp³-hybridized carbons (Fsp3) is 0.467. The van der Waals surface area contributed by atoms with Crippen LogP contribution in [0.3, 0.4) is 0 Å². The van der Waals surface area contributed by atoms with Crippen molar-refractivity contribution in [2.45, 2.75) is 39.7 Å². The van der Waals surface area contributed by atoms with Crippen molar-refractivity contribution in [3.05, 3.63) is 29.3 Å². The Bertz CT molecular complexity index is 480. The minimum Gasteiger partial charge on any atom is -0.480 e. The van der Waals surface area contributed by atoms with E-state index >= 15 is 0 Å². The number of nitrogens with one attached hydrogen (secondary N) is 1. The third-order valence-corrected chi connectivity index (χ3v) is 3.07. The standard InChI is InChI=1S/C15H22N2O3/c1-5-6-13(14(18)19)16-15(20)17(4)12-8-10(2)7-11(3)9-12/h7-9,13H,5-6H2,1-4H3,(H,16,20)(H,18,19)/t13-/m0/s1. The molecule has 0 aliphatic heterocycles. The number of carbonyl (C=O) groups is 2. The lowest BCUT2D eigenvalue weighted by atomic mass is 10.1. The van der Waals surface area contributed by atoms with E-state index in [4.69, 9.17) is 5.11 Å². The Morgan fingerprint density at radius 2 is 1.80 bits per heavy atom. The Labute approximate surface area is 119 Å². The summed E-state index contributed by atoms with van der Waals surface area (Å²) < 4.78 is 0. The summed E-state index contributed by atoms with van der Waals surface area (Å²) in [4.78, 5) is 24.6. The number of rotatable bonds is 5. The second-order valence-electron chi connectivity index (χ2n) is 5.03. The van der Waals surface area contributed by atoms with Gasteiger partial charge in [-0.15, -0.1) is 0 Å². The van der Waals surface area contributed by atoms with E-state index in [2.05, 4.69) is 5.32 Å². The van der Waals surface area contributed by atoms with Gasteiger partial charge >= 0.3 is 12.0 Å². The molecule has 0 spiro atoms. The number of hydrogen-bond acceptors (Lipinski definition) is 2. The van der Waals surface area contributed by atoms with E-state index in [1.807, 2.05) is 39.0 Å². The molecule has 0 unspecified atom stereocenters. The lowest BCUT2D eigenvalue weighted by Crippen LogP contribution is -2.46. The van der Waals surface area contributed by atoms with Crippen LogP contribution in [0.1, 0.15) is 30.9 Å². The lowest BCUT2D eigenvalue weighted by Gasteiger charge is -2.22. The third kappa shape index (κ3) is 4.26. The molecule has 5 heteroatoms. The van der Waals surface area contributed by atoms with Gasteiger partial charge in [-0.2, -0.15) is 0 Å². The van der Waals surface area contributed by atoms with Crippen molar-refractivity contribution < 1.29 is 14.7 Å². The third-order valence-electron chi connectivity index (χ3n) is 3.07. The first kappa shape index (κ1) is 16.0. The lowest BCUT2D eigenvalue weighted by molar-refractivity contribution is -0.139. The molecule has 1 aromatic carbocycles. The molecule has 1 aromatic rings. The summed E-state index contributed by atoms with van der Waals surface area (Å²) in [6.45, 7) is 5.80. The van der Waals surface area contributed by atoms with Crippen LogP contribution in [-0.2, 0) is 4.79 Å². The van der Waals surface area contributed by atoms with Gasteiger partial charge in [0.25, 0.3) is 0 Å². The minimum absolute atomic E-state index is 0.407. The van der Waals surface area contributed by atoms with Gasteiger partial charge in [-0.25, -0.2) is 9.59 Å². The number of benzene rings is 1. The van der Waals surface area contributed by atoms with Gasteiger partial charge in [0, 0.05) is 12.7 Å². The Hall–Kier alpha value is -2.04. The maximum atomic E-state index is 12.1. The van der Waals surface area contributed by atoms with Gasteiger partial charge in [-0.05, 0) is 43.5 Å². The first-order chi connectivity index (χ1) is 9.35. The van der Waals surface area contributed by atoms with E-state index < -0.39 is 18.0 Å². The van der Waals surface area contributed by atoms with Crippen molar-refractivity contribution in [2.75, 3.05) is 11.9 Å². The molecule has 20 heavy (non-hydrogen) atoms. The van der Waals surface area contributed by atoms with Gasteiger partial charge in [-0.1, -0.05) is 19.4 Å². The number of aryl methyl sites for hydroxylation is 2. The highest BCUT2D eigenvalue weighted by Crippen LogP contribution is 2.17. The van der Waals surface area contributed by atoms with E-state index in [-0.39, 0.29) is 0 Å². The molecule has 2 amide bonds. The zero-order valence-electron chi connectivity index (χ0n) is 12.4. The highest BCUT2D eigenvalue weighted by Gasteiger charge is 2.21. The first-order valence-electron chi connectivity index (χ1n) is 6.70. The maximum Gasteiger partial charge on any atom is 0.326 e. The average molecular weight is 278 g/mol. The monoisotopic (exact) mass is 278 g/mol. The molecular weight excluding hydrogens is 256 g/mol. The molecule has 0 aliphatic carbocycles.